The SMILES string of the molecule is C=C(C)C#CCCCCCCCCCCOC(=O)/C=C/c1ccc(Br)cc1. The summed E-state index contributed by atoms with van der Waals surface area (Å²) in [6, 6.07) is 7.79. The lowest BCUT2D eigenvalue weighted by Crippen LogP contribution is -2.02. The van der Waals surface area contributed by atoms with Gasteiger partial charge in [0.15, 0.2) is 0 Å². The molecule has 0 aliphatic rings. The Morgan fingerprint density at radius 2 is 1.63 bits per heavy atom. The Kier molecular flexibility index (Phi) is 13.2. The van der Waals surface area contributed by atoms with E-state index in [2.05, 4.69) is 34.3 Å². The van der Waals surface area contributed by atoms with Crippen LogP contribution in [-0.4, -0.2) is 12.6 Å². The summed E-state index contributed by atoms with van der Waals surface area (Å²) < 4.78 is 6.26. The molecule has 0 fully saturated rings. The van der Waals surface area contributed by atoms with Crippen molar-refractivity contribution in [1.29, 1.82) is 0 Å². The molecule has 0 amide bonds. The van der Waals surface area contributed by atoms with E-state index in [1.165, 1.54) is 44.6 Å². The quantitative estimate of drug-likeness (QED) is 0.153. The summed E-state index contributed by atoms with van der Waals surface area (Å²) in [4.78, 5) is 11.7. The molecule has 0 heterocycles. The first-order chi connectivity index (χ1) is 13.1. The highest BCUT2D eigenvalue weighted by molar-refractivity contribution is 9.10. The van der Waals surface area contributed by atoms with Crippen molar-refractivity contribution in [3.05, 3.63) is 52.5 Å². The van der Waals surface area contributed by atoms with Crippen molar-refractivity contribution in [1.82, 2.24) is 0 Å². The lowest BCUT2D eigenvalue weighted by atomic mass is 10.1. The van der Waals surface area contributed by atoms with Gasteiger partial charge in [0.05, 0.1) is 6.61 Å². The number of hydrogen-bond acceptors (Lipinski definition) is 2. The van der Waals surface area contributed by atoms with Gasteiger partial charge in [0.1, 0.15) is 0 Å². The number of benzene rings is 1. The third kappa shape index (κ3) is 14.0. The molecule has 0 atom stereocenters. The minimum atomic E-state index is -0.271. The molecule has 0 N–H and O–H groups in total. The van der Waals surface area contributed by atoms with Crippen LogP contribution in [0, 0.1) is 11.8 Å². The van der Waals surface area contributed by atoms with Crippen molar-refractivity contribution in [3.8, 4) is 11.8 Å². The fourth-order valence-corrected chi connectivity index (χ4v) is 2.81. The largest absolute Gasteiger partial charge is 0.463 e. The molecule has 1 rings (SSSR count). The summed E-state index contributed by atoms with van der Waals surface area (Å²) in [7, 11) is 0. The number of unbranched alkanes of at least 4 members (excludes halogenated alkanes) is 8. The summed E-state index contributed by atoms with van der Waals surface area (Å²) in [5.41, 5.74) is 1.93. The topological polar surface area (TPSA) is 26.3 Å². The fraction of sp³-hybridized carbons (Fsp3) is 0.458. The van der Waals surface area contributed by atoms with Gasteiger partial charge in [0, 0.05) is 17.0 Å². The van der Waals surface area contributed by atoms with Gasteiger partial charge in [-0.1, -0.05) is 85.0 Å². The van der Waals surface area contributed by atoms with Crippen molar-refractivity contribution in [3.63, 3.8) is 0 Å². The molecule has 0 bridgehead atoms. The molecule has 0 spiro atoms. The van der Waals surface area contributed by atoms with E-state index < -0.39 is 0 Å². The zero-order valence-electron chi connectivity index (χ0n) is 16.4. The molecule has 0 saturated carbocycles. The summed E-state index contributed by atoms with van der Waals surface area (Å²) in [6.07, 6.45) is 13.8. The molecule has 0 aromatic heterocycles. The summed E-state index contributed by atoms with van der Waals surface area (Å²) >= 11 is 3.39. The van der Waals surface area contributed by atoms with E-state index in [-0.39, 0.29) is 5.97 Å². The number of rotatable bonds is 12. The summed E-state index contributed by atoms with van der Waals surface area (Å²) in [5, 5.41) is 0. The van der Waals surface area contributed by atoms with Crippen molar-refractivity contribution in [2.24, 2.45) is 0 Å². The first-order valence-corrected chi connectivity index (χ1v) is 10.6. The van der Waals surface area contributed by atoms with Gasteiger partial charge in [0.25, 0.3) is 0 Å². The second-order valence-corrected chi connectivity index (χ2v) is 7.63. The van der Waals surface area contributed by atoms with Gasteiger partial charge in [-0.2, -0.15) is 0 Å². The number of halogens is 1. The van der Waals surface area contributed by atoms with Crippen LogP contribution in [0.1, 0.15) is 70.3 Å². The lowest BCUT2D eigenvalue weighted by molar-refractivity contribution is -0.137. The van der Waals surface area contributed by atoms with Crippen molar-refractivity contribution < 1.29 is 9.53 Å². The van der Waals surface area contributed by atoms with E-state index >= 15 is 0 Å². The smallest absolute Gasteiger partial charge is 0.330 e. The standard InChI is InChI=1S/C24H31BrO2/c1-21(2)13-11-9-7-5-3-4-6-8-10-12-20-27-24(26)19-16-22-14-17-23(25)18-15-22/h14-19H,1,3-10,12,20H2,2H3/b19-16+. The molecule has 0 radical (unpaired) electrons. The molecule has 1 aromatic carbocycles. The lowest BCUT2D eigenvalue weighted by Gasteiger charge is -2.03. The van der Waals surface area contributed by atoms with Gasteiger partial charge >= 0.3 is 5.97 Å². The minimum absolute atomic E-state index is 0.271. The van der Waals surface area contributed by atoms with Crippen LogP contribution in [0.5, 0.6) is 0 Å². The van der Waals surface area contributed by atoms with E-state index in [4.69, 9.17) is 4.74 Å². The zero-order chi connectivity index (χ0) is 19.7. The highest BCUT2D eigenvalue weighted by Crippen LogP contribution is 2.12. The van der Waals surface area contributed by atoms with Crippen LogP contribution in [0.2, 0.25) is 0 Å². The van der Waals surface area contributed by atoms with Gasteiger partial charge in [-0.15, -0.1) is 0 Å². The van der Waals surface area contributed by atoms with Gasteiger partial charge in [-0.3, -0.25) is 0 Å². The Morgan fingerprint density at radius 1 is 1.04 bits per heavy atom. The van der Waals surface area contributed by atoms with Gasteiger partial charge in [0.2, 0.25) is 0 Å². The highest BCUT2D eigenvalue weighted by Gasteiger charge is 1.98. The Labute approximate surface area is 173 Å². The average Bonchev–Trinajstić information content (AvgIpc) is 2.64. The van der Waals surface area contributed by atoms with Crippen LogP contribution in [-0.2, 0) is 9.53 Å². The fourth-order valence-electron chi connectivity index (χ4n) is 2.55. The van der Waals surface area contributed by atoms with E-state index in [1.807, 2.05) is 31.2 Å². The third-order valence-corrected chi connectivity index (χ3v) is 4.55. The second-order valence-electron chi connectivity index (χ2n) is 6.71. The van der Waals surface area contributed by atoms with Crippen LogP contribution >= 0.6 is 15.9 Å². The van der Waals surface area contributed by atoms with E-state index in [9.17, 15) is 4.79 Å². The molecule has 1 aromatic rings. The number of ether oxygens (including phenoxy) is 1. The molecule has 27 heavy (non-hydrogen) atoms. The molecule has 0 saturated heterocycles. The second kappa shape index (κ2) is 15.3. The van der Waals surface area contributed by atoms with Crippen molar-refractivity contribution in [2.75, 3.05) is 6.61 Å². The van der Waals surface area contributed by atoms with Crippen LogP contribution in [0.3, 0.4) is 0 Å². The zero-order valence-corrected chi connectivity index (χ0v) is 18.0. The molecule has 0 aliphatic carbocycles. The molecule has 0 aliphatic heterocycles. The Balaban J connectivity index is 1.92. The first kappa shape index (κ1) is 23.2. The van der Waals surface area contributed by atoms with Crippen LogP contribution in [0.15, 0.2) is 47.0 Å². The number of carbonyl (C=O) groups excluding carboxylic acids is 1. The van der Waals surface area contributed by atoms with E-state index in [0.29, 0.717) is 6.61 Å². The summed E-state index contributed by atoms with van der Waals surface area (Å²) in [6.45, 7) is 6.22. The minimum Gasteiger partial charge on any atom is -0.463 e. The summed E-state index contributed by atoms with van der Waals surface area (Å²) in [5.74, 6) is 5.89. The Bertz CT molecular complexity index is 647. The molecule has 2 nitrogen and oxygen atoms in total. The Hall–Kier alpha value is -1.79. The molecular weight excluding hydrogens is 400 g/mol. The van der Waals surface area contributed by atoms with E-state index in [0.717, 1.165) is 34.9 Å². The number of esters is 1. The average molecular weight is 431 g/mol. The number of carbonyl (C=O) groups is 1. The van der Waals surface area contributed by atoms with Gasteiger partial charge in [-0.05, 0) is 49.1 Å². The molecular formula is C24H31BrO2. The van der Waals surface area contributed by atoms with Crippen molar-refractivity contribution >= 4 is 28.0 Å². The Morgan fingerprint density at radius 3 is 2.26 bits per heavy atom. The van der Waals surface area contributed by atoms with Crippen LogP contribution < -0.4 is 0 Å². The number of hydrogen-bond donors (Lipinski definition) is 0. The number of allylic oxidation sites excluding steroid dienone is 1. The van der Waals surface area contributed by atoms with E-state index in [1.54, 1.807) is 6.08 Å². The normalized spacial score (nSPS) is 10.4. The molecule has 146 valence electrons. The highest BCUT2D eigenvalue weighted by atomic mass is 79.9. The molecule has 0 unspecified atom stereocenters. The predicted octanol–water partition coefficient (Wildman–Crippen LogP) is 7.10. The first-order valence-electron chi connectivity index (χ1n) is 9.83. The van der Waals surface area contributed by atoms with Crippen LogP contribution in [0.4, 0.5) is 0 Å². The maximum absolute atomic E-state index is 11.7. The monoisotopic (exact) mass is 430 g/mol. The molecule has 3 heteroatoms. The van der Waals surface area contributed by atoms with Crippen LogP contribution in [0.25, 0.3) is 6.08 Å². The third-order valence-electron chi connectivity index (χ3n) is 4.02. The van der Waals surface area contributed by atoms with Gasteiger partial charge in [-0.25, -0.2) is 4.79 Å². The maximum Gasteiger partial charge on any atom is 0.330 e. The predicted molar refractivity (Wildman–Crippen MR) is 118 cm³/mol. The van der Waals surface area contributed by atoms with Crippen molar-refractivity contribution in [2.45, 2.75) is 64.7 Å². The van der Waals surface area contributed by atoms with Gasteiger partial charge < -0.3 is 4.74 Å². The maximum atomic E-state index is 11.7.